The van der Waals surface area contributed by atoms with E-state index >= 15 is 0 Å². The van der Waals surface area contributed by atoms with Gasteiger partial charge >= 0.3 is 0 Å². The fourth-order valence-corrected chi connectivity index (χ4v) is 5.05. The van der Waals surface area contributed by atoms with E-state index < -0.39 is 35.6 Å². The molecule has 0 N–H and O–H groups in total. The molecule has 0 aromatic heterocycles. The molecule has 1 fully saturated rings. The van der Waals surface area contributed by atoms with Crippen molar-refractivity contribution >= 4 is 40.7 Å². The first-order chi connectivity index (χ1) is 18.4. The number of nitrogens with zero attached hydrogens (tertiary/aromatic N) is 6. The van der Waals surface area contributed by atoms with Crippen LogP contribution in [-0.2, 0) is 14.4 Å². The van der Waals surface area contributed by atoms with Gasteiger partial charge in [-0.3, -0.25) is 19.4 Å². The molecule has 3 amide bonds. The highest BCUT2D eigenvalue weighted by Crippen LogP contribution is 2.35. The van der Waals surface area contributed by atoms with Gasteiger partial charge in [0.1, 0.15) is 12.4 Å². The minimum Gasteiger partial charge on any atom is -0.271 e. The topological polar surface area (TPSA) is 98.0 Å². The van der Waals surface area contributed by atoms with E-state index in [0.29, 0.717) is 17.2 Å². The number of anilines is 1. The van der Waals surface area contributed by atoms with Crippen LogP contribution in [0.3, 0.4) is 0 Å². The lowest BCUT2D eigenvalue weighted by molar-refractivity contribution is -0.135. The van der Waals surface area contributed by atoms with Crippen molar-refractivity contribution in [3.05, 3.63) is 101 Å². The van der Waals surface area contributed by atoms with Crippen LogP contribution in [0, 0.1) is 5.82 Å². The number of benzene rings is 3. The average molecular weight is 531 g/mol. The maximum Gasteiger partial charge on any atom is 0.264 e. The normalized spacial score (nSPS) is 22.3. The molecule has 3 aliphatic rings. The summed E-state index contributed by atoms with van der Waals surface area (Å²) in [6, 6.07) is 19.4. The van der Waals surface area contributed by atoms with Crippen LogP contribution in [0.1, 0.15) is 23.6 Å². The Bertz CT molecular complexity index is 1500. The monoisotopic (exact) mass is 530 g/mol. The third-order valence-corrected chi connectivity index (χ3v) is 7.00. The van der Waals surface area contributed by atoms with E-state index in [9.17, 15) is 18.8 Å². The zero-order valence-electron chi connectivity index (χ0n) is 19.8. The highest BCUT2D eigenvalue weighted by atomic mass is 35.5. The minimum absolute atomic E-state index is 0.108. The summed E-state index contributed by atoms with van der Waals surface area (Å²) in [4.78, 5) is 40.6. The SMILES string of the molecule is O=C1C2N=NN(CC(=O)N3N=C(c4ccc(Cl)cc4)CC3c3ccccc3)C2C(=O)N1c1cccc(F)c1. The molecule has 0 aliphatic carbocycles. The third kappa shape index (κ3) is 4.12. The molecule has 38 heavy (non-hydrogen) atoms. The van der Waals surface area contributed by atoms with Crippen LogP contribution < -0.4 is 4.90 Å². The molecule has 3 aliphatic heterocycles. The summed E-state index contributed by atoms with van der Waals surface area (Å²) in [5.74, 6) is -2.22. The highest BCUT2D eigenvalue weighted by molar-refractivity contribution is 6.30. The van der Waals surface area contributed by atoms with Gasteiger partial charge < -0.3 is 0 Å². The molecule has 6 rings (SSSR count). The number of hydrazone groups is 1. The Morgan fingerprint density at radius 1 is 0.974 bits per heavy atom. The Kier molecular flexibility index (Phi) is 5.96. The molecule has 11 heteroatoms. The molecule has 0 saturated carbocycles. The fourth-order valence-electron chi connectivity index (χ4n) is 4.93. The molecule has 9 nitrogen and oxygen atoms in total. The standard InChI is InChI=1S/C27H20ClFN6O3/c28-18-11-9-16(10-12-18)21-14-22(17-5-2-1-3-6-17)35(31-21)23(36)15-33-25-24(30-32-33)26(37)34(27(25)38)20-8-4-7-19(29)13-20/h1-13,22,24-25H,14-15H2. The summed E-state index contributed by atoms with van der Waals surface area (Å²) in [7, 11) is 0. The molecule has 3 aromatic rings. The van der Waals surface area contributed by atoms with Crippen LogP contribution in [-0.4, -0.2) is 52.1 Å². The van der Waals surface area contributed by atoms with Crippen LogP contribution in [0.25, 0.3) is 0 Å². The van der Waals surface area contributed by atoms with E-state index in [1.165, 1.54) is 28.2 Å². The maximum absolute atomic E-state index is 13.8. The summed E-state index contributed by atoms with van der Waals surface area (Å²) in [6.45, 7) is -0.318. The number of fused-ring (bicyclic) bond motifs is 1. The van der Waals surface area contributed by atoms with Gasteiger partial charge in [-0.15, -0.1) is 0 Å². The zero-order valence-corrected chi connectivity index (χ0v) is 20.6. The van der Waals surface area contributed by atoms with Crippen LogP contribution in [0.5, 0.6) is 0 Å². The molecule has 3 heterocycles. The highest BCUT2D eigenvalue weighted by Gasteiger charge is 2.55. The third-order valence-electron chi connectivity index (χ3n) is 6.75. The van der Waals surface area contributed by atoms with E-state index in [0.717, 1.165) is 22.1 Å². The van der Waals surface area contributed by atoms with Gasteiger partial charge in [0, 0.05) is 11.4 Å². The number of rotatable bonds is 5. The quantitative estimate of drug-likeness (QED) is 0.463. The van der Waals surface area contributed by atoms with Crippen molar-refractivity contribution in [3.63, 3.8) is 0 Å². The van der Waals surface area contributed by atoms with Crippen molar-refractivity contribution in [2.24, 2.45) is 15.4 Å². The van der Waals surface area contributed by atoms with Crippen LogP contribution in [0.2, 0.25) is 5.02 Å². The van der Waals surface area contributed by atoms with Gasteiger partial charge in [-0.1, -0.05) is 65.4 Å². The molecular weight excluding hydrogens is 511 g/mol. The molecular formula is C27H20ClFN6O3. The Hall–Kier alpha value is -4.44. The van der Waals surface area contributed by atoms with Crippen LogP contribution in [0.4, 0.5) is 10.1 Å². The van der Waals surface area contributed by atoms with Gasteiger partial charge in [0.25, 0.3) is 17.7 Å². The average Bonchev–Trinajstić information content (AvgIpc) is 3.60. The first-order valence-corrected chi connectivity index (χ1v) is 12.3. The summed E-state index contributed by atoms with van der Waals surface area (Å²) in [6.07, 6.45) is 0.482. The minimum atomic E-state index is -1.10. The van der Waals surface area contributed by atoms with Gasteiger partial charge in [-0.05, 0) is 41.5 Å². The molecule has 0 spiro atoms. The lowest BCUT2D eigenvalue weighted by Gasteiger charge is -2.25. The summed E-state index contributed by atoms with van der Waals surface area (Å²) < 4.78 is 13.8. The summed E-state index contributed by atoms with van der Waals surface area (Å²) in [5.41, 5.74) is 2.57. The number of carbonyl (C=O) groups is 3. The number of carbonyl (C=O) groups excluding carboxylic acids is 3. The lowest BCUT2D eigenvalue weighted by atomic mass is 9.98. The van der Waals surface area contributed by atoms with Gasteiger partial charge in [-0.2, -0.15) is 10.2 Å². The number of hydrogen-bond donors (Lipinski definition) is 0. The molecule has 3 atom stereocenters. The largest absolute Gasteiger partial charge is 0.271 e. The molecule has 0 radical (unpaired) electrons. The van der Waals surface area contributed by atoms with E-state index in [2.05, 4.69) is 15.4 Å². The molecule has 3 unspecified atom stereocenters. The Morgan fingerprint density at radius 2 is 1.74 bits per heavy atom. The van der Waals surface area contributed by atoms with Crippen LogP contribution in [0.15, 0.2) is 94.3 Å². The predicted octanol–water partition coefficient (Wildman–Crippen LogP) is 4.15. The smallest absolute Gasteiger partial charge is 0.264 e. The van der Waals surface area contributed by atoms with Crippen molar-refractivity contribution in [2.75, 3.05) is 11.4 Å². The van der Waals surface area contributed by atoms with E-state index in [4.69, 9.17) is 11.6 Å². The second kappa shape index (κ2) is 9.46. The first-order valence-electron chi connectivity index (χ1n) is 11.9. The fraction of sp³-hybridized carbons (Fsp3) is 0.185. The van der Waals surface area contributed by atoms with Gasteiger partial charge in [0.05, 0.1) is 17.4 Å². The number of hydrogen-bond acceptors (Lipinski definition) is 7. The lowest BCUT2D eigenvalue weighted by Crippen LogP contribution is -2.44. The Balaban J connectivity index is 1.26. The van der Waals surface area contributed by atoms with Crippen molar-refractivity contribution in [1.29, 1.82) is 0 Å². The second-order valence-electron chi connectivity index (χ2n) is 9.11. The van der Waals surface area contributed by atoms with E-state index in [-0.39, 0.29) is 18.3 Å². The first kappa shape index (κ1) is 23.9. The molecule has 1 saturated heterocycles. The van der Waals surface area contributed by atoms with Crippen LogP contribution >= 0.6 is 11.6 Å². The second-order valence-corrected chi connectivity index (χ2v) is 9.54. The zero-order chi connectivity index (χ0) is 26.4. The van der Waals surface area contributed by atoms with Crippen molar-refractivity contribution in [1.82, 2.24) is 10.0 Å². The number of imide groups is 1. The molecule has 190 valence electrons. The van der Waals surface area contributed by atoms with Crippen molar-refractivity contribution in [2.45, 2.75) is 24.5 Å². The van der Waals surface area contributed by atoms with Crippen molar-refractivity contribution < 1.29 is 18.8 Å². The van der Waals surface area contributed by atoms with Gasteiger partial charge in [0.2, 0.25) is 0 Å². The van der Waals surface area contributed by atoms with Gasteiger partial charge in [0.15, 0.2) is 12.1 Å². The summed E-state index contributed by atoms with van der Waals surface area (Å²) >= 11 is 6.04. The van der Waals surface area contributed by atoms with Gasteiger partial charge in [-0.25, -0.2) is 14.3 Å². The Labute approximate surface area is 221 Å². The maximum atomic E-state index is 13.8. The van der Waals surface area contributed by atoms with Crippen molar-refractivity contribution in [3.8, 4) is 0 Å². The summed E-state index contributed by atoms with van der Waals surface area (Å²) in [5, 5.41) is 15.8. The molecule has 0 bridgehead atoms. The number of amides is 3. The molecule has 3 aromatic carbocycles. The van der Waals surface area contributed by atoms with E-state index in [1.807, 2.05) is 42.5 Å². The number of halogens is 2. The van der Waals surface area contributed by atoms with E-state index in [1.54, 1.807) is 12.1 Å². The Morgan fingerprint density at radius 3 is 2.47 bits per heavy atom. The predicted molar refractivity (Wildman–Crippen MR) is 137 cm³/mol.